The molecule has 0 fully saturated rings. The quantitative estimate of drug-likeness (QED) is 0.420. The summed E-state index contributed by atoms with van der Waals surface area (Å²) in [6, 6.07) is 14.4. The number of non-ortho nitro benzene ring substituents is 1. The standard InChI is InChI=1S/C13H9NO3.C2H2N2S/c15-13(10-4-2-1-3-5-10)11-6-8-12(9-7-11)14(16)17;1-3-4-2-5-1/h1-9H;1-2H. The predicted octanol–water partition coefficient (Wildman–Crippen LogP) is 3.36. The minimum atomic E-state index is -0.489. The molecule has 0 aliphatic carbocycles. The molecule has 2 aromatic carbocycles. The topological polar surface area (TPSA) is 86.0 Å². The summed E-state index contributed by atoms with van der Waals surface area (Å²) in [5, 5.41) is 17.5. The maximum absolute atomic E-state index is 12.0. The molecule has 0 saturated carbocycles. The van der Waals surface area contributed by atoms with Crippen LogP contribution in [-0.4, -0.2) is 20.9 Å². The molecule has 1 heterocycles. The van der Waals surface area contributed by atoms with Crippen molar-refractivity contribution in [2.24, 2.45) is 0 Å². The fraction of sp³-hybridized carbons (Fsp3) is 0. The van der Waals surface area contributed by atoms with E-state index in [2.05, 4.69) is 10.2 Å². The molecule has 3 aromatic rings. The lowest BCUT2D eigenvalue weighted by molar-refractivity contribution is -0.384. The zero-order chi connectivity index (χ0) is 15.8. The zero-order valence-corrected chi connectivity index (χ0v) is 12.1. The Bertz CT molecular complexity index is 711. The molecule has 0 N–H and O–H groups in total. The maximum atomic E-state index is 12.0. The number of rotatable bonds is 3. The molecule has 0 spiro atoms. The van der Waals surface area contributed by atoms with Crippen molar-refractivity contribution in [3.63, 3.8) is 0 Å². The molecule has 0 bridgehead atoms. The number of hydrogen-bond acceptors (Lipinski definition) is 6. The normalized spacial score (nSPS) is 9.45. The van der Waals surface area contributed by atoms with Gasteiger partial charge in [0.2, 0.25) is 0 Å². The third-order valence-electron chi connectivity index (χ3n) is 2.66. The summed E-state index contributed by atoms with van der Waals surface area (Å²) < 4.78 is 0. The van der Waals surface area contributed by atoms with Gasteiger partial charge < -0.3 is 0 Å². The third kappa shape index (κ3) is 4.29. The molecule has 7 heteroatoms. The lowest BCUT2D eigenvalue weighted by atomic mass is 10.0. The van der Waals surface area contributed by atoms with Gasteiger partial charge in [-0.2, -0.15) is 0 Å². The highest BCUT2D eigenvalue weighted by atomic mass is 32.1. The fourth-order valence-corrected chi connectivity index (χ4v) is 1.90. The summed E-state index contributed by atoms with van der Waals surface area (Å²) >= 11 is 1.49. The molecule has 3 rings (SSSR count). The number of ketones is 1. The summed E-state index contributed by atoms with van der Waals surface area (Å²) in [5.74, 6) is -0.138. The number of nitro groups is 1. The van der Waals surface area contributed by atoms with E-state index in [1.807, 2.05) is 6.07 Å². The summed E-state index contributed by atoms with van der Waals surface area (Å²) in [6.07, 6.45) is 0. The average Bonchev–Trinajstić information content (AvgIpc) is 3.15. The number of aromatic nitrogens is 2. The Balaban J connectivity index is 0.000000299. The first-order valence-corrected chi connectivity index (χ1v) is 7.16. The van der Waals surface area contributed by atoms with Gasteiger partial charge in [-0.1, -0.05) is 30.3 Å². The van der Waals surface area contributed by atoms with Crippen LogP contribution in [0.2, 0.25) is 0 Å². The molecule has 0 aliphatic rings. The van der Waals surface area contributed by atoms with Crippen LogP contribution in [0.4, 0.5) is 5.69 Å². The van der Waals surface area contributed by atoms with Gasteiger partial charge in [0.05, 0.1) is 4.92 Å². The lowest BCUT2D eigenvalue weighted by Gasteiger charge is -2.00. The van der Waals surface area contributed by atoms with E-state index in [1.54, 1.807) is 35.3 Å². The molecule has 1 aromatic heterocycles. The van der Waals surface area contributed by atoms with Crippen molar-refractivity contribution < 1.29 is 9.72 Å². The molecule has 0 saturated heterocycles. The minimum absolute atomic E-state index is 0.0189. The second-order valence-electron chi connectivity index (χ2n) is 4.08. The first-order chi connectivity index (χ1) is 10.7. The van der Waals surface area contributed by atoms with Crippen LogP contribution in [0, 0.1) is 10.1 Å². The molecular formula is C15H11N3O3S. The van der Waals surface area contributed by atoms with E-state index >= 15 is 0 Å². The van der Waals surface area contributed by atoms with Crippen LogP contribution in [0.25, 0.3) is 0 Å². The van der Waals surface area contributed by atoms with Crippen LogP contribution in [0.15, 0.2) is 65.6 Å². The number of nitro benzene ring substituents is 1. The third-order valence-corrected chi connectivity index (χ3v) is 3.09. The highest BCUT2D eigenvalue weighted by Gasteiger charge is 2.10. The Morgan fingerprint density at radius 3 is 1.91 bits per heavy atom. The van der Waals surface area contributed by atoms with E-state index in [1.165, 1.54) is 35.6 Å². The van der Waals surface area contributed by atoms with Crippen molar-refractivity contribution in [3.05, 3.63) is 86.9 Å². The zero-order valence-electron chi connectivity index (χ0n) is 11.3. The summed E-state index contributed by atoms with van der Waals surface area (Å²) in [6.45, 7) is 0. The molecular weight excluding hydrogens is 302 g/mol. The maximum Gasteiger partial charge on any atom is 0.269 e. The van der Waals surface area contributed by atoms with E-state index in [4.69, 9.17) is 0 Å². The van der Waals surface area contributed by atoms with Gasteiger partial charge in [0.1, 0.15) is 11.0 Å². The van der Waals surface area contributed by atoms with Crippen molar-refractivity contribution in [2.45, 2.75) is 0 Å². The van der Waals surface area contributed by atoms with E-state index in [0.29, 0.717) is 11.1 Å². The number of carbonyl (C=O) groups is 1. The Morgan fingerprint density at radius 1 is 0.909 bits per heavy atom. The van der Waals surface area contributed by atoms with Gasteiger partial charge in [-0.3, -0.25) is 14.9 Å². The summed E-state index contributed by atoms with van der Waals surface area (Å²) in [4.78, 5) is 21.9. The van der Waals surface area contributed by atoms with Gasteiger partial charge in [-0.25, -0.2) is 0 Å². The van der Waals surface area contributed by atoms with Crippen LogP contribution >= 0.6 is 11.3 Å². The number of nitrogens with zero attached hydrogens (tertiary/aromatic N) is 3. The molecule has 0 aliphatic heterocycles. The lowest BCUT2D eigenvalue weighted by Crippen LogP contribution is -2.00. The predicted molar refractivity (Wildman–Crippen MR) is 82.9 cm³/mol. The van der Waals surface area contributed by atoms with E-state index in [-0.39, 0.29) is 11.5 Å². The van der Waals surface area contributed by atoms with Gasteiger partial charge in [0, 0.05) is 23.3 Å². The van der Waals surface area contributed by atoms with Gasteiger partial charge in [-0.05, 0) is 12.1 Å². The monoisotopic (exact) mass is 313 g/mol. The van der Waals surface area contributed by atoms with Crippen LogP contribution in [0.5, 0.6) is 0 Å². The van der Waals surface area contributed by atoms with Crippen LogP contribution in [0.1, 0.15) is 15.9 Å². The van der Waals surface area contributed by atoms with E-state index < -0.39 is 4.92 Å². The Kier molecular flexibility index (Phi) is 5.44. The highest BCUT2D eigenvalue weighted by molar-refractivity contribution is 7.07. The smallest absolute Gasteiger partial charge is 0.269 e. The first kappa shape index (κ1) is 15.5. The van der Waals surface area contributed by atoms with Crippen LogP contribution in [-0.2, 0) is 0 Å². The highest BCUT2D eigenvalue weighted by Crippen LogP contribution is 2.15. The molecule has 0 amide bonds. The second kappa shape index (κ2) is 7.75. The van der Waals surface area contributed by atoms with Gasteiger partial charge in [0.15, 0.2) is 5.78 Å². The van der Waals surface area contributed by atoms with Gasteiger partial charge in [0.25, 0.3) is 5.69 Å². The van der Waals surface area contributed by atoms with E-state index in [0.717, 1.165) is 0 Å². The molecule has 6 nitrogen and oxygen atoms in total. The Hall–Kier alpha value is -2.93. The minimum Gasteiger partial charge on any atom is -0.289 e. The first-order valence-electron chi connectivity index (χ1n) is 6.21. The van der Waals surface area contributed by atoms with Crippen LogP contribution < -0.4 is 0 Å². The molecule has 0 atom stereocenters. The Morgan fingerprint density at radius 2 is 1.45 bits per heavy atom. The number of hydrogen-bond donors (Lipinski definition) is 0. The van der Waals surface area contributed by atoms with Gasteiger partial charge >= 0.3 is 0 Å². The fourth-order valence-electron chi connectivity index (χ4n) is 1.63. The van der Waals surface area contributed by atoms with Crippen molar-refractivity contribution >= 4 is 22.8 Å². The van der Waals surface area contributed by atoms with Crippen molar-refractivity contribution in [3.8, 4) is 0 Å². The molecule has 0 radical (unpaired) electrons. The molecule has 110 valence electrons. The van der Waals surface area contributed by atoms with Crippen molar-refractivity contribution in [1.82, 2.24) is 10.2 Å². The summed E-state index contributed by atoms with van der Waals surface area (Å²) in [5.41, 5.74) is 4.36. The van der Waals surface area contributed by atoms with Crippen LogP contribution in [0.3, 0.4) is 0 Å². The van der Waals surface area contributed by atoms with Gasteiger partial charge in [-0.15, -0.1) is 21.5 Å². The van der Waals surface area contributed by atoms with Crippen molar-refractivity contribution in [1.29, 1.82) is 0 Å². The average molecular weight is 313 g/mol. The Labute approximate surface area is 130 Å². The molecule has 22 heavy (non-hydrogen) atoms. The van der Waals surface area contributed by atoms with Crippen molar-refractivity contribution in [2.75, 3.05) is 0 Å². The number of carbonyl (C=O) groups excluding carboxylic acids is 1. The number of benzene rings is 2. The summed E-state index contributed by atoms with van der Waals surface area (Å²) in [7, 11) is 0. The SMILES string of the molecule is O=C(c1ccccc1)c1ccc([N+](=O)[O-])cc1.c1nncs1. The largest absolute Gasteiger partial charge is 0.289 e. The second-order valence-corrected chi connectivity index (χ2v) is 4.77. The van der Waals surface area contributed by atoms with E-state index in [9.17, 15) is 14.9 Å². The molecule has 0 unspecified atom stereocenters.